The molecule has 0 aliphatic heterocycles. The van der Waals surface area contributed by atoms with Gasteiger partial charge in [0.25, 0.3) is 0 Å². The summed E-state index contributed by atoms with van der Waals surface area (Å²) in [5.41, 5.74) is 0.432. The summed E-state index contributed by atoms with van der Waals surface area (Å²) in [4.78, 5) is 0. The maximum absolute atomic E-state index is 12.6. The molecule has 1 aliphatic rings. The molecule has 0 nitrogen and oxygen atoms in total. The monoisotopic (exact) mass is 141 g/mol. The van der Waals surface area contributed by atoms with Crippen molar-refractivity contribution in [3.63, 3.8) is 0 Å². The molecule has 0 saturated heterocycles. The van der Waals surface area contributed by atoms with Crippen molar-refractivity contribution in [2.75, 3.05) is 0 Å². The molecule has 0 heterocycles. The summed E-state index contributed by atoms with van der Waals surface area (Å²) in [6.45, 7) is 1.70. The van der Waals surface area contributed by atoms with Crippen LogP contribution in [0.2, 0.25) is 0 Å². The van der Waals surface area contributed by atoms with Crippen molar-refractivity contribution >= 4 is 0 Å². The first-order valence-corrected chi connectivity index (χ1v) is 2.98. The Balaban J connectivity index is 2.84. The van der Waals surface area contributed by atoms with Gasteiger partial charge in [-0.25, -0.2) is 0 Å². The molecule has 2 heteroatoms. The Morgan fingerprint density at radius 3 is 2.70 bits per heavy atom. The molecule has 0 amide bonds. The first-order chi connectivity index (χ1) is 4.74. The molecule has 0 atom stereocenters. The van der Waals surface area contributed by atoms with Crippen LogP contribution in [-0.2, 0) is 0 Å². The highest BCUT2D eigenvalue weighted by molar-refractivity contribution is 5.44. The predicted molar refractivity (Wildman–Crippen MR) is 36.4 cm³/mol. The minimum atomic E-state index is -0.539. The van der Waals surface area contributed by atoms with Gasteiger partial charge in [-0.2, -0.15) is 0 Å². The largest absolute Gasteiger partial charge is 0.224 e. The van der Waals surface area contributed by atoms with Crippen molar-refractivity contribution in [3.8, 4) is 0 Å². The van der Waals surface area contributed by atoms with E-state index in [0.29, 0.717) is 5.57 Å². The van der Waals surface area contributed by atoms with Crippen LogP contribution in [0.15, 0.2) is 35.7 Å². The molecule has 0 fully saturated rings. The van der Waals surface area contributed by atoms with Crippen molar-refractivity contribution in [2.24, 2.45) is 0 Å². The van der Waals surface area contributed by atoms with Crippen molar-refractivity contribution < 1.29 is 8.78 Å². The van der Waals surface area contributed by atoms with Crippen LogP contribution in [0.25, 0.3) is 0 Å². The number of halogens is 2. The lowest BCUT2D eigenvalue weighted by molar-refractivity contribution is 0.556. The molecule has 0 aromatic heterocycles. The molecule has 0 N–H and O–H groups in total. The Hall–Kier alpha value is -1.05. The van der Waals surface area contributed by atoms with E-state index in [4.69, 9.17) is 0 Å². The van der Waals surface area contributed by atoms with Gasteiger partial charge in [0, 0.05) is 6.08 Å². The van der Waals surface area contributed by atoms with Crippen molar-refractivity contribution in [2.45, 2.75) is 6.92 Å². The molecular weight excluding hydrogens is 134 g/mol. The Bertz CT molecular complexity index is 211. The minimum absolute atomic E-state index is 0.432. The maximum atomic E-state index is 12.6. The zero-order valence-electron chi connectivity index (χ0n) is 5.57. The van der Waals surface area contributed by atoms with Crippen LogP contribution in [0, 0.1) is 6.17 Å². The van der Waals surface area contributed by atoms with E-state index in [1.54, 1.807) is 13.0 Å². The summed E-state index contributed by atoms with van der Waals surface area (Å²) in [6.07, 6.45) is 4.59. The molecule has 1 aliphatic carbocycles. The molecule has 52 valence electrons. The third-order valence-corrected chi connectivity index (χ3v) is 1.27. The first kappa shape index (κ1) is 7.06. The van der Waals surface area contributed by atoms with E-state index in [1.807, 2.05) is 0 Å². The molecule has 1 rings (SSSR count). The van der Waals surface area contributed by atoms with Crippen LogP contribution in [0.3, 0.4) is 0 Å². The smallest absolute Gasteiger partial charge is 0.147 e. The van der Waals surface area contributed by atoms with Crippen LogP contribution in [-0.4, -0.2) is 0 Å². The van der Waals surface area contributed by atoms with Crippen LogP contribution >= 0.6 is 0 Å². The second kappa shape index (κ2) is 2.69. The van der Waals surface area contributed by atoms with Crippen LogP contribution in [0.1, 0.15) is 6.92 Å². The molecule has 10 heavy (non-hydrogen) atoms. The number of rotatable bonds is 0. The lowest BCUT2D eigenvalue weighted by Gasteiger charge is -1.97. The summed E-state index contributed by atoms with van der Waals surface area (Å²) in [7, 11) is 0. The van der Waals surface area contributed by atoms with Gasteiger partial charge >= 0.3 is 0 Å². The molecule has 0 spiro atoms. The zero-order chi connectivity index (χ0) is 7.56. The summed E-state index contributed by atoms with van der Waals surface area (Å²) >= 11 is 0. The predicted octanol–water partition coefficient (Wildman–Crippen LogP) is 2.86. The van der Waals surface area contributed by atoms with Gasteiger partial charge in [0.05, 0.1) is 12.2 Å². The fourth-order valence-corrected chi connectivity index (χ4v) is 0.736. The number of hydrogen-bond acceptors (Lipinski definition) is 0. The summed E-state index contributed by atoms with van der Waals surface area (Å²) < 4.78 is 24.8. The van der Waals surface area contributed by atoms with E-state index in [1.165, 1.54) is 12.2 Å². The van der Waals surface area contributed by atoms with Crippen molar-refractivity contribution in [1.82, 2.24) is 0 Å². The Kier molecular flexibility index (Phi) is 1.90. The standard InChI is InChI=1S/C8H7F2/c1-2-6-3-4-7(9)5-8(6)10/h2-5H,1H3/q+1. The van der Waals surface area contributed by atoms with Crippen molar-refractivity contribution in [1.29, 1.82) is 0 Å². The maximum Gasteiger partial charge on any atom is 0.224 e. The fraction of sp³-hybridized carbons (Fsp3) is 0.125. The molecule has 0 unspecified atom stereocenters. The van der Waals surface area contributed by atoms with Gasteiger partial charge in [-0.1, -0.05) is 0 Å². The normalized spacial score (nSPS) is 21.7. The van der Waals surface area contributed by atoms with E-state index in [0.717, 1.165) is 6.08 Å². The summed E-state index contributed by atoms with van der Waals surface area (Å²) in [5.74, 6) is -0.539. The highest BCUT2D eigenvalue weighted by Crippen LogP contribution is 2.25. The van der Waals surface area contributed by atoms with E-state index in [9.17, 15) is 8.78 Å². The third kappa shape index (κ3) is 1.26. The van der Waals surface area contributed by atoms with E-state index in [2.05, 4.69) is 0 Å². The zero-order valence-corrected chi connectivity index (χ0v) is 5.57. The average molecular weight is 141 g/mol. The van der Waals surface area contributed by atoms with Gasteiger partial charge in [0.2, 0.25) is 12.0 Å². The number of hydrogen-bond donors (Lipinski definition) is 0. The lowest BCUT2D eigenvalue weighted by Crippen LogP contribution is -1.92. The van der Waals surface area contributed by atoms with Gasteiger partial charge < -0.3 is 0 Å². The first-order valence-electron chi connectivity index (χ1n) is 2.98. The molecule has 0 radical (unpaired) electrons. The second-order valence-corrected chi connectivity index (χ2v) is 1.95. The third-order valence-electron chi connectivity index (χ3n) is 1.27. The van der Waals surface area contributed by atoms with E-state index in [-0.39, 0.29) is 0 Å². The molecule has 0 aromatic carbocycles. The summed E-state index contributed by atoms with van der Waals surface area (Å²) in [5, 5.41) is 0. The van der Waals surface area contributed by atoms with Gasteiger partial charge in [0.15, 0.2) is 0 Å². The fourth-order valence-electron chi connectivity index (χ4n) is 0.736. The Morgan fingerprint density at radius 2 is 2.20 bits per heavy atom. The Morgan fingerprint density at radius 1 is 1.50 bits per heavy atom. The Labute approximate surface area is 58.6 Å². The van der Waals surface area contributed by atoms with Gasteiger partial charge in [-0.05, 0) is 13.0 Å². The molecule has 0 bridgehead atoms. The lowest BCUT2D eigenvalue weighted by atomic mass is 10.1. The van der Waals surface area contributed by atoms with E-state index >= 15 is 0 Å². The highest BCUT2D eigenvalue weighted by atomic mass is 19.1. The van der Waals surface area contributed by atoms with Crippen LogP contribution in [0.4, 0.5) is 8.78 Å². The quantitative estimate of drug-likeness (QED) is 0.455. The van der Waals surface area contributed by atoms with Gasteiger partial charge in [-0.3, -0.25) is 0 Å². The topological polar surface area (TPSA) is 0 Å². The summed E-state index contributed by atoms with van der Waals surface area (Å²) in [6, 6.07) is 0. The molecule has 0 aromatic rings. The minimum Gasteiger partial charge on any atom is -0.147 e. The number of allylic oxidation sites excluding steroid dienone is 6. The highest BCUT2D eigenvalue weighted by Gasteiger charge is 2.20. The SMILES string of the molecule is CC=C1C=CC(F)=C[C+]1F. The molecule has 0 saturated carbocycles. The molecular formula is C8H7F2+. The average Bonchev–Trinajstić information content (AvgIpc) is 1.88. The van der Waals surface area contributed by atoms with E-state index < -0.39 is 12.0 Å². The van der Waals surface area contributed by atoms with Crippen LogP contribution in [0.5, 0.6) is 0 Å². The van der Waals surface area contributed by atoms with Crippen molar-refractivity contribution in [3.05, 3.63) is 41.9 Å². The van der Waals surface area contributed by atoms with Crippen LogP contribution < -0.4 is 0 Å². The second-order valence-electron chi connectivity index (χ2n) is 1.95. The van der Waals surface area contributed by atoms with Gasteiger partial charge in [0.1, 0.15) is 5.57 Å². The van der Waals surface area contributed by atoms with Gasteiger partial charge in [-0.15, -0.1) is 8.78 Å².